The van der Waals surface area contributed by atoms with Crippen molar-refractivity contribution in [1.82, 2.24) is 20.1 Å². The van der Waals surface area contributed by atoms with E-state index in [9.17, 15) is 14.0 Å². The molecule has 3 heterocycles. The fourth-order valence-electron chi connectivity index (χ4n) is 3.50. The van der Waals surface area contributed by atoms with Gasteiger partial charge in [0.15, 0.2) is 0 Å². The summed E-state index contributed by atoms with van der Waals surface area (Å²) in [4.78, 5) is 28.8. The number of nitrogens with one attached hydrogen (secondary N) is 1. The van der Waals surface area contributed by atoms with Crippen LogP contribution in [0.1, 0.15) is 47.1 Å². The highest BCUT2D eigenvalue weighted by Gasteiger charge is 2.33. The number of pyridine rings is 1. The average molecular weight is 382 g/mol. The molecule has 1 N–H and O–H groups in total. The van der Waals surface area contributed by atoms with Gasteiger partial charge in [-0.3, -0.25) is 9.59 Å². The third-order valence-corrected chi connectivity index (χ3v) is 4.96. The SMILES string of the molecule is Cc1cc(=O)[nH]cc1C(=O)N1CCCC[C@H]1c1nnc(-c2ccccc2F)o1. The summed E-state index contributed by atoms with van der Waals surface area (Å²) >= 11 is 0. The molecule has 1 aliphatic rings. The van der Waals surface area contributed by atoms with Crippen LogP contribution < -0.4 is 5.56 Å². The molecule has 1 amide bonds. The molecule has 0 aliphatic carbocycles. The number of hydrogen-bond donors (Lipinski definition) is 1. The van der Waals surface area contributed by atoms with E-state index in [1.165, 1.54) is 18.3 Å². The van der Waals surface area contributed by atoms with Crippen LogP contribution in [-0.4, -0.2) is 32.5 Å². The number of halogens is 1. The minimum absolute atomic E-state index is 0.0892. The van der Waals surface area contributed by atoms with Gasteiger partial charge in [-0.05, 0) is 43.9 Å². The van der Waals surface area contributed by atoms with Crippen molar-refractivity contribution in [3.8, 4) is 11.5 Å². The number of aryl methyl sites for hydroxylation is 1. The summed E-state index contributed by atoms with van der Waals surface area (Å²) in [6.45, 7) is 2.27. The van der Waals surface area contributed by atoms with Crippen LogP contribution in [0.25, 0.3) is 11.5 Å². The number of carbonyl (C=O) groups excluding carboxylic acids is 1. The van der Waals surface area contributed by atoms with Crippen molar-refractivity contribution in [3.05, 3.63) is 69.7 Å². The molecule has 1 aliphatic heterocycles. The molecule has 2 aromatic heterocycles. The van der Waals surface area contributed by atoms with Crippen LogP contribution in [0.4, 0.5) is 4.39 Å². The monoisotopic (exact) mass is 382 g/mol. The van der Waals surface area contributed by atoms with Crippen LogP contribution in [0.15, 0.2) is 45.7 Å². The Balaban J connectivity index is 1.65. The van der Waals surface area contributed by atoms with Crippen LogP contribution in [-0.2, 0) is 0 Å². The summed E-state index contributed by atoms with van der Waals surface area (Å²) in [7, 11) is 0. The van der Waals surface area contributed by atoms with Crippen LogP contribution in [0.3, 0.4) is 0 Å². The Morgan fingerprint density at radius 3 is 2.89 bits per heavy atom. The molecule has 28 heavy (non-hydrogen) atoms. The van der Waals surface area contributed by atoms with Gasteiger partial charge in [0.1, 0.15) is 11.9 Å². The maximum absolute atomic E-state index is 14.0. The lowest BCUT2D eigenvalue weighted by Gasteiger charge is -2.33. The second-order valence-electron chi connectivity index (χ2n) is 6.83. The normalized spacial score (nSPS) is 16.9. The molecule has 8 heteroatoms. The molecule has 0 spiro atoms. The second kappa shape index (κ2) is 7.38. The third-order valence-electron chi connectivity index (χ3n) is 4.96. The van der Waals surface area contributed by atoms with E-state index in [-0.39, 0.29) is 34.9 Å². The fraction of sp³-hybridized carbons (Fsp3) is 0.300. The van der Waals surface area contributed by atoms with Gasteiger partial charge in [-0.15, -0.1) is 10.2 Å². The van der Waals surface area contributed by atoms with E-state index in [2.05, 4.69) is 15.2 Å². The molecule has 3 aromatic rings. The zero-order valence-electron chi connectivity index (χ0n) is 15.3. The number of piperidine rings is 1. The van der Waals surface area contributed by atoms with Gasteiger partial charge in [-0.25, -0.2) is 4.39 Å². The van der Waals surface area contributed by atoms with Gasteiger partial charge in [-0.1, -0.05) is 12.1 Å². The zero-order valence-corrected chi connectivity index (χ0v) is 15.3. The number of benzene rings is 1. The van der Waals surface area contributed by atoms with E-state index in [1.54, 1.807) is 30.0 Å². The summed E-state index contributed by atoms with van der Waals surface area (Å²) in [5, 5.41) is 8.06. The zero-order chi connectivity index (χ0) is 19.7. The topological polar surface area (TPSA) is 92.1 Å². The highest BCUT2D eigenvalue weighted by atomic mass is 19.1. The molecule has 4 rings (SSSR count). The van der Waals surface area contributed by atoms with Gasteiger partial charge in [0.25, 0.3) is 11.8 Å². The quantitative estimate of drug-likeness (QED) is 0.751. The number of H-pyrrole nitrogens is 1. The number of amides is 1. The van der Waals surface area contributed by atoms with E-state index in [1.807, 2.05) is 0 Å². The first-order chi connectivity index (χ1) is 13.5. The van der Waals surface area contributed by atoms with Gasteiger partial charge in [0, 0.05) is 18.8 Å². The summed E-state index contributed by atoms with van der Waals surface area (Å²) in [5.41, 5.74) is 1.01. The van der Waals surface area contributed by atoms with E-state index in [0.717, 1.165) is 12.8 Å². The second-order valence-corrected chi connectivity index (χ2v) is 6.83. The van der Waals surface area contributed by atoms with E-state index in [0.29, 0.717) is 24.1 Å². The van der Waals surface area contributed by atoms with Crippen molar-refractivity contribution in [3.63, 3.8) is 0 Å². The fourth-order valence-corrected chi connectivity index (χ4v) is 3.50. The van der Waals surface area contributed by atoms with Crippen molar-refractivity contribution in [2.75, 3.05) is 6.54 Å². The van der Waals surface area contributed by atoms with Crippen LogP contribution >= 0.6 is 0 Å². The highest BCUT2D eigenvalue weighted by molar-refractivity contribution is 5.95. The molecule has 1 aromatic carbocycles. The average Bonchev–Trinajstić information content (AvgIpc) is 3.18. The highest BCUT2D eigenvalue weighted by Crippen LogP contribution is 2.33. The lowest BCUT2D eigenvalue weighted by molar-refractivity contribution is 0.0571. The Bertz CT molecular complexity index is 1080. The lowest BCUT2D eigenvalue weighted by atomic mass is 10.00. The Kier molecular flexibility index (Phi) is 4.77. The van der Waals surface area contributed by atoms with Crippen LogP contribution in [0, 0.1) is 12.7 Å². The van der Waals surface area contributed by atoms with Gasteiger partial charge < -0.3 is 14.3 Å². The molecule has 0 radical (unpaired) electrons. The first-order valence-electron chi connectivity index (χ1n) is 9.13. The number of aromatic nitrogens is 3. The van der Waals surface area contributed by atoms with Crippen molar-refractivity contribution < 1.29 is 13.6 Å². The van der Waals surface area contributed by atoms with Gasteiger partial charge in [-0.2, -0.15) is 0 Å². The van der Waals surface area contributed by atoms with Gasteiger partial charge >= 0.3 is 0 Å². The maximum atomic E-state index is 14.0. The predicted molar refractivity (Wildman–Crippen MR) is 99.1 cm³/mol. The Labute approximate surface area is 160 Å². The molecule has 0 unspecified atom stereocenters. The number of aromatic amines is 1. The Morgan fingerprint density at radius 1 is 1.29 bits per heavy atom. The molecular formula is C20H19FN4O3. The van der Waals surface area contributed by atoms with Gasteiger partial charge in [0.2, 0.25) is 11.4 Å². The van der Waals surface area contributed by atoms with Crippen LogP contribution in [0.5, 0.6) is 0 Å². The predicted octanol–water partition coefficient (Wildman–Crippen LogP) is 3.24. The number of hydrogen-bond acceptors (Lipinski definition) is 5. The van der Waals surface area contributed by atoms with E-state index in [4.69, 9.17) is 4.42 Å². The van der Waals surface area contributed by atoms with Crippen molar-refractivity contribution >= 4 is 5.91 Å². The third kappa shape index (κ3) is 3.33. The Hall–Kier alpha value is -3.29. The number of rotatable bonds is 3. The van der Waals surface area contributed by atoms with Crippen molar-refractivity contribution in [1.29, 1.82) is 0 Å². The minimum atomic E-state index is -0.446. The molecular weight excluding hydrogens is 363 g/mol. The summed E-state index contributed by atoms with van der Waals surface area (Å²) in [5.74, 6) is -0.276. The molecule has 0 saturated carbocycles. The molecule has 144 valence electrons. The number of carbonyl (C=O) groups is 1. The van der Waals surface area contributed by atoms with E-state index >= 15 is 0 Å². The molecule has 7 nitrogen and oxygen atoms in total. The number of nitrogens with zero attached hydrogens (tertiary/aromatic N) is 3. The minimum Gasteiger partial charge on any atom is -0.418 e. The van der Waals surface area contributed by atoms with Crippen molar-refractivity contribution in [2.24, 2.45) is 0 Å². The van der Waals surface area contributed by atoms with Crippen LogP contribution in [0.2, 0.25) is 0 Å². The lowest BCUT2D eigenvalue weighted by Crippen LogP contribution is -2.39. The largest absolute Gasteiger partial charge is 0.418 e. The van der Waals surface area contributed by atoms with Gasteiger partial charge in [0.05, 0.1) is 11.1 Å². The van der Waals surface area contributed by atoms with E-state index < -0.39 is 5.82 Å². The summed E-state index contributed by atoms with van der Waals surface area (Å²) in [6, 6.07) is 7.19. The summed E-state index contributed by atoms with van der Waals surface area (Å²) < 4.78 is 19.8. The first kappa shape index (κ1) is 18.1. The maximum Gasteiger partial charge on any atom is 0.256 e. The number of likely N-dealkylation sites (tertiary alicyclic amines) is 1. The van der Waals surface area contributed by atoms with Crippen molar-refractivity contribution in [2.45, 2.75) is 32.2 Å². The molecule has 1 saturated heterocycles. The molecule has 1 fully saturated rings. The summed E-state index contributed by atoms with van der Waals surface area (Å²) in [6.07, 6.45) is 3.88. The molecule has 1 atom stereocenters. The standard InChI is InChI=1S/C20H19FN4O3/c1-12-10-17(26)22-11-14(12)20(27)25-9-5-4-8-16(25)19-24-23-18(28-19)13-6-2-3-7-15(13)21/h2-3,6-7,10-11,16H,4-5,8-9H2,1H3,(H,22,26)/t16-/m0/s1. The first-order valence-corrected chi connectivity index (χ1v) is 9.13. The Morgan fingerprint density at radius 2 is 2.11 bits per heavy atom. The molecule has 0 bridgehead atoms. The smallest absolute Gasteiger partial charge is 0.256 e.